The van der Waals surface area contributed by atoms with Crippen molar-refractivity contribution < 1.29 is 22.5 Å². The van der Waals surface area contributed by atoms with Crippen molar-refractivity contribution >= 4 is 27.5 Å². The van der Waals surface area contributed by atoms with Crippen molar-refractivity contribution in [2.75, 3.05) is 37.6 Å². The number of piperazine rings is 1. The van der Waals surface area contributed by atoms with Crippen molar-refractivity contribution in [1.29, 1.82) is 0 Å². The number of nitrogens with zero attached hydrogens (tertiary/aromatic N) is 3. The predicted molar refractivity (Wildman–Crippen MR) is 119 cm³/mol. The lowest BCUT2D eigenvalue weighted by Crippen LogP contribution is -2.50. The van der Waals surface area contributed by atoms with Gasteiger partial charge >= 0.3 is 0 Å². The molecular formula is C21H29N5O5S. The fraction of sp³-hybridized carbons (Fsp3) is 0.476. The van der Waals surface area contributed by atoms with Gasteiger partial charge < -0.3 is 19.6 Å². The molecule has 1 atom stereocenters. The minimum absolute atomic E-state index is 0.0398. The maximum absolute atomic E-state index is 12.5. The zero-order valence-corrected chi connectivity index (χ0v) is 19.3. The van der Waals surface area contributed by atoms with Crippen LogP contribution in [0.1, 0.15) is 24.8 Å². The van der Waals surface area contributed by atoms with Crippen LogP contribution in [-0.2, 0) is 19.6 Å². The minimum atomic E-state index is -3.96. The molecule has 0 aliphatic carbocycles. The standard InChI is InChI=1S/C21H29N5O5S/c1-15-20(17(3)31-23-15)32(29,30)24-16(2)21(28)22-10-9-19(27)26-13-11-25(12-14-26)18-7-5-4-6-8-18/h4-8,16,24H,9-14H2,1-3H3,(H,22,28)/t16-/m0/s1. The Kier molecular flexibility index (Phi) is 7.52. The topological polar surface area (TPSA) is 125 Å². The van der Waals surface area contributed by atoms with Crippen LogP contribution < -0.4 is 14.9 Å². The zero-order valence-electron chi connectivity index (χ0n) is 18.5. The van der Waals surface area contributed by atoms with E-state index in [-0.39, 0.29) is 35.2 Å². The number of nitrogens with one attached hydrogen (secondary N) is 2. The fourth-order valence-electron chi connectivity index (χ4n) is 3.66. The number of anilines is 1. The molecule has 0 spiro atoms. The van der Waals surface area contributed by atoms with E-state index in [1.54, 1.807) is 4.90 Å². The van der Waals surface area contributed by atoms with E-state index in [2.05, 4.69) is 20.1 Å². The van der Waals surface area contributed by atoms with Crippen molar-refractivity contribution in [3.8, 4) is 0 Å². The number of carbonyl (C=O) groups is 2. The summed E-state index contributed by atoms with van der Waals surface area (Å²) in [7, 11) is -3.96. The van der Waals surface area contributed by atoms with Gasteiger partial charge in [0.1, 0.15) is 10.6 Å². The molecule has 32 heavy (non-hydrogen) atoms. The highest BCUT2D eigenvalue weighted by Crippen LogP contribution is 2.19. The zero-order chi connectivity index (χ0) is 23.3. The summed E-state index contributed by atoms with van der Waals surface area (Å²) in [6.45, 7) is 7.32. The molecule has 1 aromatic carbocycles. The van der Waals surface area contributed by atoms with Crippen molar-refractivity contribution in [2.24, 2.45) is 0 Å². The molecular weight excluding hydrogens is 434 g/mol. The van der Waals surface area contributed by atoms with E-state index in [4.69, 9.17) is 4.52 Å². The summed E-state index contributed by atoms with van der Waals surface area (Å²) in [6, 6.07) is 9.04. The van der Waals surface area contributed by atoms with Crippen LogP contribution in [0.2, 0.25) is 0 Å². The van der Waals surface area contributed by atoms with Crippen LogP contribution in [0.5, 0.6) is 0 Å². The molecule has 1 fully saturated rings. The lowest BCUT2D eigenvalue weighted by molar-refractivity contribution is -0.131. The summed E-state index contributed by atoms with van der Waals surface area (Å²) in [5.41, 5.74) is 1.36. The Labute approximate surface area is 188 Å². The van der Waals surface area contributed by atoms with Crippen LogP contribution in [-0.4, -0.2) is 69.1 Å². The first-order chi connectivity index (χ1) is 15.2. The monoisotopic (exact) mass is 463 g/mol. The maximum Gasteiger partial charge on any atom is 0.246 e. The fourth-order valence-corrected chi connectivity index (χ4v) is 5.19. The molecule has 11 heteroatoms. The Hall–Kier alpha value is -2.92. The van der Waals surface area contributed by atoms with E-state index in [9.17, 15) is 18.0 Å². The van der Waals surface area contributed by atoms with Crippen molar-refractivity contribution in [3.63, 3.8) is 0 Å². The van der Waals surface area contributed by atoms with E-state index in [0.29, 0.717) is 13.1 Å². The molecule has 0 saturated carbocycles. The van der Waals surface area contributed by atoms with Gasteiger partial charge in [0, 0.05) is 44.8 Å². The number of aryl methyl sites for hydroxylation is 2. The highest BCUT2D eigenvalue weighted by molar-refractivity contribution is 7.89. The largest absolute Gasteiger partial charge is 0.368 e. The van der Waals surface area contributed by atoms with Gasteiger partial charge in [-0.25, -0.2) is 8.42 Å². The molecule has 10 nitrogen and oxygen atoms in total. The van der Waals surface area contributed by atoms with Crippen LogP contribution in [0, 0.1) is 13.8 Å². The number of hydrogen-bond donors (Lipinski definition) is 2. The highest BCUT2D eigenvalue weighted by atomic mass is 32.2. The number of aromatic nitrogens is 1. The molecule has 1 aromatic heterocycles. The summed E-state index contributed by atoms with van der Waals surface area (Å²) in [5.74, 6) is -0.399. The number of carbonyl (C=O) groups excluding carboxylic acids is 2. The molecule has 3 rings (SSSR count). The number of hydrogen-bond acceptors (Lipinski definition) is 7. The smallest absolute Gasteiger partial charge is 0.246 e. The van der Waals surface area contributed by atoms with E-state index < -0.39 is 22.0 Å². The first-order valence-electron chi connectivity index (χ1n) is 10.5. The normalized spacial score (nSPS) is 15.5. The molecule has 2 aromatic rings. The molecule has 2 heterocycles. The Bertz CT molecular complexity index is 1030. The van der Waals surface area contributed by atoms with Gasteiger partial charge in [0.05, 0.1) is 6.04 Å². The van der Waals surface area contributed by atoms with E-state index in [1.807, 2.05) is 30.3 Å². The Morgan fingerprint density at radius 1 is 1.12 bits per heavy atom. The van der Waals surface area contributed by atoms with Gasteiger partial charge in [-0.15, -0.1) is 0 Å². The second-order valence-corrected chi connectivity index (χ2v) is 9.39. The van der Waals surface area contributed by atoms with Crippen LogP contribution in [0.4, 0.5) is 5.69 Å². The average Bonchev–Trinajstić information content (AvgIpc) is 3.12. The number of amides is 2. The van der Waals surface area contributed by atoms with E-state index in [1.165, 1.54) is 20.8 Å². The van der Waals surface area contributed by atoms with E-state index in [0.717, 1.165) is 18.8 Å². The summed E-state index contributed by atoms with van der Waals surface area (Å²) in [6.07, 6.45) is 0.153. The van der Waals surface area contributed by atoms with E-state index >= 15 is 0 Å². The second-order valence-electron chi connectivity index (χ2n) is 7.74. The SMILES string of the molecule is Cc1noc(C)c1S(=O)(=O)N[C@@H](C)C(=O)NCCC(=O)N1CCN(c2ccccc2)CC1. The molecule has 0 radical (unpaired) electrons. The third kappa shape index (κ3) is 5.65. The second kappa shape index (κ2) is 10.1. The summed E-state index contributed by atoms with van der Waals surface area (Å²) in [5, 5.41) is 6.25. The van der Waals surface area contributed by atoms with Gasteiger partial charge in [0.15, 0.2) is 5.76 Å². The number of rotatable bonds is 8. The van der Waals surface area contributed by atoms with Crippen molar-refractivity contribution in [2.45, 2.75) is 38.1 Å². The minimum Gasteiger partial charge on any atom is -0.368 e. The lowest BCUT2D eigenvalue weighted by atomic mass is 10.2. The third-order valence-corrected chi connectivity index (χ3v) is 7.14. The number of sulfonamides is 1. The molecule has 2 amide bonds. The molecule has 0 bridgehead atoms. The summed E-state index contributed by atoms with van der Waals surface area (Å²) in [4.78, 5) is 28.7. The quantitative estimate of drug-likeness (QED) is 0.594. The summed E-state index contributed by atoms with van der Waals surface area (Å²) < 4.78 is 32.2. The Morgan fingerprint density at radius 3 is 2.38 bits per heavy atom. The molecule has 1 aliphatic rings. The van der Waals surface area contributed by atoms with Gasteiger partial charge in [-0.1, -0.05) is 23.4 Å². The van der Waals surface area contributed by atoms with Crippen LogP contribution in [0.25, 0.3) is 0 Å². The molecule has 174 valence electrons. The number of benzene rings is 1. The first kappa shape index (κ1) is 23.7. The Balaban J connectivity index is 1.42. The molecule has 1 aliphatic heterocycles. The highest BCUT2D eigenvalue weighted by Gasteiger charge is 2.28. The molecule has 2 N–H and O–H groups in total. The third-order valence-electron chi connectivity index (χ3n) is 5.35. The van der Waals surface area contributed by atoms with Gasteiger partial charge in [-0.3, -0.25) is 9.59 Å². The van der Waals surface area contributed by atoms with Gasteiger partial charge in [0.25, 0.3) is 0 Å². The van der Waals surface area contributed by atoms with Crippen molar-refractivity contribution in [1.82, 2.24) is 20.1 Å². The molecule has 1 saturated heterocycles. The van der Waals surface area contributed by atoms with Crippen LogP contribution in [0.3, 0.4) is 0 Å². The first-order valence-corrected chi connectivity index (χ1v) is 12.0. The van der Waals surface area contributed by atoms with Gasteiger partial charge in [0.2, 0.25) is 21.8 Å². The summed E-state index contributed by atoms with van der Waals surface area (Å²) >= 11 is 0. The lowest BCUT2D eigenvalue weighted by Gasteiger charge is -2.36. The van der Waals surface area contributed by atoms with Crippen LogP contribution in [0.15, 0.2) is 39.8 Å². The molecule has 0 unspecified atom stereocenters. The average molecular weight is 464 g/mol. The number of para-hydroxylation sites is 1. The van der Waals surface area contributed by atoms with Gasteiger partial charge in [-0.2, -0.15) is 4.72 Å². The van der Waals surface area contributed by atoms with Crippen molar-refractivity contribution in [3.05, 3.63) is 41.8 Å². The Morgan fingerprint density at radius 2 is 1.78 bits per heavy atom. The predicted octanol–water partition coefficient (Wildman–Crippen LogP) is 0.813. The maximum atomic E-state index is 12.5. The van der Waals surface area contributed by atoms with Gasteiger partial charge in [-0.05, 0) is 32.9 Å². The van der Waals surface area contributed by atoms with Crippen LogP contribution >= 0.6 is 0 Å².